The topological polar surface area (TPSA) is 63.4 Å². The molecule has 21 heavy (non-hydrogen) atoms. The summed E-state index contributed by atoms with van der Waals surface area (Å²) in [4.78, 5) is 0. The molecule has 4 nitrogen and oxygen atoms in total. The molecule has 2 rings (SSSR count). The second-order valence-corrected chi connectivity index (χ2v) is 8.32. The molecule has 0 aromatic heterocycles. The number of nitrogens with two attached hydrogens (primary N) is 1. The van der Waals surface area contributed by atoms with Crippen LogP contribution in [0.3, 0.4) is 0 Å². The van der Waals surface area contributed by atoms with Crippen molar-refractivity contribution in [1.29, 1.82) is 0 Å². The summed E-state index contributed by atoms with van der Waals surface area (Å²) in [5, 5.41) is 0. The van der Waals surface area contributed by atoms with Crippen LogP contribution in [-0.2, 0) is 15.8 Å². The van der Waals surface area contributed by atoms with Gasteiger partial charge in [-0.05, 0) is 36.5 Å². The van der Waals surface area contributed by atoms with Gasteiger partial charge in [-0.2, -0.15) is 4.31 Å². The molecule has 0 saturated heterocycles. The third-order valence-electron chi connectivity index (χ3n) is 3.93. The molecule has 0 radical (unpaired) electrons. The molecule has 1 aliphatic rings. The van der Waals surface area contributed by atoms with Gasteiger partial charge in [0.15, 0.2) is 0 Å². The average Bonchev–Trinajstić information content (AvgIpc) is 2.88. The maximum Gasteiger partial charge on any atom is 0.218 e. The van der Waals surface area contributed by atoms with E-state index in [-0.39, 0.29) is 11.8 Å². The van der Waals surface area contributed by atoms with Gasteiger partial charge >= 0.3 is 0 Å². The van der Waals surface area contributed by atoms with Crippen molar-refractivity contribution in [3.63, 3.8) is 0 Å². The highest BCUT2D eigenvalue weighted by Gasteiger charge is 2.32. The van der Waals surface area contributed by atoms with Gasteiger partial charge in [-0.3, -0.25) is 0 Å². The normalized spacial score (nSPS) is 17.0. The summed E-state index contributed by atoms with van der Waals surface area (Å²) in [6.07, 6.45) is 4.24. The molecular formula is C16H26N2O2S. The van der Waals surface area contributed by atoms with E-state index in [0.717, 1.165) is 31.2 Å². The lowest BCUT2D eigenvalue weighted by Crippen LogP contribution is -2.41. The van der Waals surface area contributed by atoms with Crippen molar-refractivity contribution in [3.05, 3.63) is 29.8 Å². The van der Waals surface area contributed by atoms with E-state index in [0.29, 0.717) is 18.2 Å². The highest BCUT2D eigenvalue weighted by Crippen LogP contribution is 2.28. The molecule has 2 N–H and O–H groups in total. The van der Waals surface area contributed by atoms with Crippen LogP contribution in [0, 0.1) is 5.92 Å². The van der Waals surface area contributed by atoms with E-state index in [4.69, 9.17) is 5.73 Å². The second-order valence-electron chi connectivity index (χ2n) is 6.40. The van der Waals surface area contributed by atoms with Gasteiger partial charge in [-0.15, -0.1) is 0 Å². The fraction of sp³-hybridized carbons (Fsp3) is 0.625. The van der Waals surface area contributed by atoms with Crippen molar-refractivity contribution in [2.75, 3.05) is 12.3 Å². The monoisotopic (exact) mass is 310 g/mol. The minimum atomic E-state index is -3.29. The van der Waals surface area contributed by atoms with Crippen molar-refractivity contribution in [3.8, 4) is 0 Å². The Balaban J connectivity index is 2.20. The molecular weight excluding hydrogens is 284 g/mol. The van der Waals surface area contributed by atoms with Crippen molar-refractivity contribution in [1.82, 2.24) is 4.31 Å². The van der Waals surface area contributed by atoms with Crippen LogP contribution in [0.25, 0.3) is 0 Å². The molecule has 1 aromatic carbocycles. The molecule has 0 spiro atoms. The zero-order valence-corrected chi connectivity index (χ0v) is 13.8. The lowest BCUT2D eigenvalue weighted by atomic mass is 10.2. The molecule has 0 amide bonds. The standard InChI is InChI=1S/C16H26N2O2S/c1-13(2)11-18(16-8-3-4-9-16)21(19,20)12-14-6-5-7-15(17)10-14/h5-7,10,13,16H,3-4,8-9,11-12,17H2,1-2H3. The smallest absolute Gasteiger partial charge is 0.218 e. The van der Waals surface area contributed by atoms with E-state index >= 15 is 0 Å². The third kappa shape index (κ3) is 4.45. The van der Waals surface area contributed by atoms with E-state index in [1.165, 1.54) is 0 Å². The summed E-state index contributed by atoms with van der Waals surface area (Å²) in [6.45, 7) is 4.74. The van der Waals surface area contributed by atoms with Crippen LogP contribution in [0.2, 0.25) is 0 Å². The number of hydrogen-bond donors (Lipinski definition) is 1. The maximum atomic E-state index is 12.8. The molecule has 1 fully saturated rings. The Hall–Kier alpha value is -1.07. The largest absolute Gasteiger partial charge is 0.399 e. The first kappa shape index (κ1) is 16.3. The number of anilines is 1. The van der Waals surface area contributed by atoms with Gasteiger partial charge in [-0.1, -0.05) is 38.8 Å². The molecule has 1 aliphatic carbocycles. The van der Waals surface area contributed by atoms with E-state index in [2.05, 4.69) is 13.8 Å². The Kier molecular flexibility index (Phi) is 5.27. The van der Waals surface area contributed by atoms with Crippen molar-refractivity contribution < 1.29 is 8.42 Å². The first-order valence-electron chi connectivity index (χ1n) is 7.72. The summed E-state index contributed by atoms with van der Waals surface area (Å²) in [6, 6.07) is 7.34. The molecule has 1 aromatic rings. The minimum Gasteiger partial charge on any atom is -0.399 e. The molecule has 0 atom stereocenters. The number of rotatable bonds is 6. The quantitative estimate of drug-likeness (QED) is 0.822. The predicted molar refractivity (Wildman–Crippen MR) is 87.3 cm³/mol. The van der Waals surface area contributed by atoms with Gasteiger partial charge in [0.05, 0.1) is 5.75 Å². The van der Waals surface area contributed by atoms with Crippen LogP contribution in [0.4, 0.5) is 5.69 Å². The Labute approximate surface area is 128 Å². The van der Waals surface area contributed by atoms with E-state index < -0.39 is 10.0 Å². The average molecular weight is 310 g/mol. The lowest BCUT2D eigenvalue weighted by molar-refractivity contribution is 0.292. The Morgan fingerprint density at radius 2 is 1.95 bits per heavy atom. The third-order valence-corrected chi connectivity index (χ3v) is 5.79. The van der Waals surface area contributed by atoms with Gasteiger partial charge < -0.3 is 5.73 Å². The van der Waals surface area contributed by atoms with E-state index in [9.17, 15) is 8.42 Å². The predicted octanol–water partition coefficient (Wildman–Crippen LogP) is 3.00. The second kappa shape index (κ2) is 6.79. The van der Waals surface area contributed by atoms with Crippen LogP contribution in [0.5, 0.6) is 0 Å². The van der Waals surface area contributed by atoms with Crippen LogP contribution in [0.15, 0.2) is 24.3 Å². The zero-order chi connectivity index (χ0) is 15.5. The van der Waals surface area contributed by atoms with Crippen molar-refractivity contribution in [2.45, 2.75) is 51.3 Å². The van der Waals surface area contributed by atoms with Gasteiger partial charge in [0.25, 0.3) is 0 Å². The molecule has 1 saturated carbocycles. The van der Waals surface area contributed by atoms with Gasteiger partial charge in [-0.25, -0.2) is 8.42 Å². The number of nitrogens with zero attached hydrogens (tertiary/aromatic N) is 1. The van der Waals surface area contributed by atoms with Crippen LogP contribution < -0.4 is 5.73 Å². The highest BCUT2D eigenvalue weighted by atomic mass is 32.2. The first-order chi connectivity index (χ1) is 9.88. The van der Waals surface area contributed by atoms with Crippen LogP contribution in [-0.4, -0.2) is 25.3 Å². The number of hydrogen-bond acceptors (Lipinski definition) is 3. The number of benzene rings is 1. The number of sulfonamides is 1. The summed E-state index contributed by atoms with van der Waals surface area (Å²) < 4.78 is 27.4. The van der Waals surface area contributed by atoms with E-state index in [1.54, 1.807) is 16.4 Å². The molecule has 118 valence electrons. The van der Waals surface area contributed by atoms with Gasteiger partial charge in [0.2, 0.25) is 10.0 Å². The Bertz CT molecular complexity index is 563. The first-order valence-corrected chi connectivity index (χ1v) is 9.33. The Morgan fingerprint density at radius 1 is 1.29 bits per heavy atom. The lowest BCUT2D eigenvalue weighted by Gasteiger charge is -2.29. The minimum absolute atomic E-state index is 0.0429. The van der Waals surface area contributed by atoms with Crippen LogP contribution in [0.1, 0.15) is 45.1 Å². The van der Waals surface area contributed by atoms with Gasteiger partial charge in [0.1, 0.15) is 0 Å². The number of nitrogen functional groups attached to an aromatic ring is 1. The summed E-state index contributed by atoms with van der Waals surface area (Å²) in [5.41, 5.74) is 7.12. The highest BCUT2D eigenvalue weighted by molar-refractivity contribution is 7.88. The van der Waals surface area contributed by atoms with Crippen molar-refractivity contribution in [2.24, 2.45) is 5.92 Å². The Morgan fingerprint density at radius 3 is 2.52 bits per heavy atom. The SMILES string of the molecule is CC(C)CN(C1CCCC1)S(=O)(=O)Cc1cccc(N)c1. The summed E-state index contributed by atoms with van der Waals surface area (Å²) >= 11 is 0. The molecule has 5 heteroatoms. The van der Waals surface area contributed by atoms with Crippen LogP contribution >= 0.6 is 0 Å². The molecule has 0 heterocycles. The van der Waals surface area contributed by atoms with Crippen molar-refractivity contribution >= 4 is 15.7 Å². The fourth-order valence-electron chi connectivity index (χ4n) is 3.02. The molecule has 0 unspecified atom stereocenters. The fourth-order valence-corrected chi connectivity index (χ4v) is 4.98. The maximum absolute atomic E-state index is 12.8. The molecule has 0 bridgehead atoms. The van der Waals surface area contributed by atoms with Gasteiger partial charge in [0, 0.05) is 18.3 Å². The summed E-state index contributed by atoms with van der Waals surface area (Å²) in [5.74, 6) is 0.377. The summed E-state index contributed by atoms with van der Waals surface area (Å²) in [7, 11) is -3.29. The molecule has 0 aliphatic heterocycles. The van der Waals surface area contributed by atoms with E-state index in [1.807, 2.05) is 12.1 Å². The zero-order valence-electron chi connectivity index (χ0n) is 13.0.